The molecule has 0 fully saturated rings. The fourth-order valence-electron chi connectivity index (χ4n) is 0.820. The highest BCUT2D eigenvalue weighted by Crippen LogP contribution is 1.98. The summed E-state index contributed by atoms with van der Waals surface area (Å²) >= 11 is 0. The molecule has 0 amide bonds. The number of hydrogen-bond donors (Lipinski definition) is 1. The van der Waals surface area contributed by atoms with E-state index in [1.54, 1.807) is 0 Å². The van der Waals surface area contributed by atoms with Crippen molar-refractivity contribution >= 4 is 15.8 Å². The second-order valence-electron chi connectivity index (χ2n) is 2.62. The van der Waals surface area contributed by atoms with E-state index in [1.165, 1.54) is 7.11 Å². The molecule has 0 saturated carbocycles. The summed E-state index contributed by atoms with van der Waals surface area (Å²) in [5.74, 6) is -0.407. The first-order valence-corrected chi connectivity index (χ1v) is 5.81. The summed E-state index contributed by atoms with van der Waals surface area (Å²) < 4.78 is 26.5. The van der Waals surface area contributed by atoms with Gasteiger partial charge in [0.2, 0.25) is 0 Å². The lowest BCUT2D eigenvalue weighted by Gasteiger charge is -2.01. The smallest absolute Gasteiger partial charge is 0.305 e. The molecule has 0 aromatic rings. The van der Waals surface area contributed by atoms with Gasteiger partial charge in [-0.1, -0.05) is 0 Å². The second kappa shape index (κ2) is 5.93. The third-order valence-corrected chi connectivity index (χ3v) is 3.26. The van der Waals surface area contributed by atoms with Crippen molar-refractivity contribution in [1.29, 1.82) is 0 Å². The summed E-state index contributed by atoms with van der Waals surface area (Å²) in [6.45, 7) is 0.126. The molecule has 5 nitrogen and oxygen atoms in total. The average Bonchev–Trinajstić information content (AvgIpc) is 2.03. The summed E-state index contributed by atoms with van der Waals surface area (Å²) in [5, 5.41) is 0. The van der Waals surface area contributed by atoms with Crippen LogP contribution in [0.1, 0.15) is 12.8 Å². The van der Waals surface area contributed by atoms with Crippen LogP contribution in [0.25, 0.3) is 0 Å². The Hall–Kier alpha value is -0.620. The Labute approximate surface area is 78.2 Å². The van der Waals surface area contributed by atoms with Gasteiger partial charge in [-0.3, -0.25) is 4.79 Å². The van der Waals surface area contributed by atoms with Crippen molar-refractivity contribution in [3.8, 4) is 0 Å². The largest absolute Gasteiger partial charge is 0.469 e. The van der Waals surface area contributed by atoms with E-state index in [9.17, 15) is 13.2 Å². The van der Waals surface area contributed by atoms with E-state index < -0.39 is 9.84 Å². The molecule has 0 aromatic carbocycles. The molecule has 6 heteroatoms. The lowest BCUT2D eigenvalue weighted by Crippen LogP contribution is -2.19. The molecule has 0 heterocycles. The van der Waals surface area contributed by atoms with Gasteiger partial charge in [0.15, 0.2) is 9.84 Å². The van der Waals surface area contributed by atoms with Crippen LogP contribution in [0.2, 0.25) is 0 Å². The van der Waals surface area contributed by atoms with Gasteiger partial charge in [0.05, 0.1) is 18.6 Å². The van der Waals surface area contributed by atoms with E-state index in [2.05, 4.69) is 4.74 Å². The van der Waals surface area contributed by atoms with Gasteiger partial charge in [0.1, 0.15) is 0 Å². The van der Waals surface area contributed by atoms with Crippen molar-refractivity contribution in [2.45, 2.75) is 12.8 Å². The van der Waals surface area contributed by atoms with Crippen LogP contribution < -0.4 is 5.73 Å². The summed E-state index contributed by atoms with van der Waals surface area (Å²) in [4.78, 5) is 10.6. The van der Waals surface area contributed by atoms with Gasteiger partial charge < -0.3 is 10.5 Å². The number of sulfone groups is 1. The Kier molecular flexibility index (Phi) is 5.65. The number of methoxy groups -OCH3 is 1. The van der Waals surface area contributed by atoms with E-state index >= 15 is 0 Å². The van der Waals surface area contributed by atoms with Crippen LogP contribution in [0, 0.1) is 0 Å². The van der Waals surface area contributed by atoms with Crippen LogP contribution in [0.4, 0.5) is 0 Å². The molecule has 0 unspecified atom stereocenters. The molecule has 2 N–H and O–H groups in total. The van der Waals surface area contributed by atoms with Gasteiger partial charge in [-0.05, 0) is 6.42 Å². The molecule has 0 radical (unpaired) electrons. The third-order valence-electron chi connectivity index (χ3n) is 1.49. The number of esters is 1. The Morgan fingerprint density at radius 3 is 2.46 bits per heavy atom. The normalized spacial score (nSPS) is 11.2. The van der Waals surface area contributed by atoms with Gasteiger partial charge in [-0.15, -0.1) is 0 Å². The molecule has 0 spiro atoms. The van der Waals surface area contributed by atoms with Gasteiger partial charge in [0, 0.05) is 13.0 Å². The zero-order valence-electron chi connectivity index (χ0n) is 7.65. The van der Waals surface area contributed by atoms with Crippen molar-refractivity contribution < 1.29 is 17.9 Å². The second-order valence-corrected chi connectivity index (χ2v) is 4.92. The SMILES string of the molecule is COC(=O)CCCS(=O)(=O)CCN. The van der Waals surface area contributed by atoms with Crippen molar-refractivity contribution in [1.82, 2.24) is 0 Å². The summed E-state index contributed by atoms with van der Waals surface area (Å²) in [7, 11) is -1.79. The maximum absolute atomic E-state index is 11.1. The molecular formula is C7H15NO4S. The molecular weight excluding hydrogens is 194 g/mol. The van der Waals surface area contributed by atoms with Crippen molar-refractivity contribution in [3.63, 3.8) is 0 Å². The van der Waals surface area contributed by atoms with E-state index in [0.29, 0.717) is 6.42 Å². The fraction of sp³-hybridized carbons (Fsp3) is 0.857. The lowest BCUT2D eigenvalue weighted by molar-refractivity contribution is -0.140. The van der Waals surface area contributed by atoms with Crippen LogP contribution in [0.5, 0.6) is 0 Å². The molecule has 0 atom stereocenters. The van der Waals surface area contributed by atoms with Crippen LogP contribution in [-0.2, 0) is 19.4 Å². The minimum Gasteiger partial charge on any atom is -0.469 e. The van der Waals surface area contributed by atoms with Crippen LogP contribution >= 0.6 is 0 Å². The maximum Gasteiger partial charge on any atom is 0.305 e. The lowest BCUT2D eigenvalue weighted by atomic mass is 10.3. The topological polar surface area (TPSA) is 86.5 Å². The molecule has 0 bridgehead atoms. The standard InChI is InChI=1S/C7H15NO4S/c1-12-7(9)3-2-5-13(10,11)6-4-8/h2-6,8H2,1H3. The zero-order chi connectivity index (χ0) is 10.3. The van der Waals surface area contributed by atoms with Crippen molar-refractivity contribution in [2.75, 3.05) is 25.2 Å². The Bertz CT molecular complexity index is 247. The van der Waals surface area contributed by atoms with Gasteiger partial charge in [0.25, 0.3) is 0 Å². The highest BCUT2D eigenvalue weighted by Gasteiger charge is 2.10. The van der Waals surface area contributed by atoms with Crippen molar-refractivity contribution in [2.24, 2.45) is 5.73 Å². The summed E-state index contributed by atoms with van der Waals surface area (Å²) in [6.07, 6.45) is 0.440. The van der Waals surface area contributed by atoms with E-state index in [4.69, 9.17) is 5.73 Å². The highest BCUT2D eigenvalue weighted by molar-refractivity contribution is 7.91. The van der Waals surface area contributed by atoms with E-state index in [-0.39, 0.29) is 30.4 Å². The Morgan fingerprint density at radius 2 is 2.00 bits per heavy atom. The summed E-state index contributed by atoms with van der Waals surface area (Å²) in [6, 6.07) is 0. The maximum atomic E-state index is 11.1. The van der Waals surface area contributed by atoms with E-state index in [0.717, 1.165) is 0 Å². The van der Waals surface area contributed by atoms with Gasteiger partial charge in [-0.2, -0.15) is 0 Å². The van der Waals surface area contributed by atoms with Gasteiger partial charge >= 0.3 is 5.97 Å². The highest BCUT2D eigenvalue weighted by atomic mass is 32.2. The van der Waals surface area contributed by atoms with E-state index in [1.807, 2.05) is 0 Å². The number of hydrogen-bond acceptors (Lipinski definition) is 5. The number of rotatable bonds is 6. The van der Waals surface area contributed by atoms with Crippen LogP contribution in [0.15, 0.2) is 0 Å². The Balaban J connectivity index is 3.70. The van der Waals surface area contributed by atoms with Crippen LogP contribution in [-0.4, -0.2) is 39.5 Å². The first-order chi connectivity index (χ1) is 6.02. The average molecular weight is 209 g/mol. The molecule has 0 aliphatic rings. The molecule has 0 rings (SSSR count). The molecule has 0 aliphatic heterocycles. The first kappa shape index (κ1) is 12.4. The zero-order valence-corrected chi connectivity index (χ0v) is 8.47. The van der Waals surface area contributed by atoms with Crippen LogP contribution in [0.3, 0.4) is 0 Å². The van der Waals surface area contributed by atoms with Crippen molar-refractivity contribution in [3.05, 3.63) is 0 Å². The first-order valence-electron chi connectivity index (χ1n) is 3.99. The molecule has 78 valence electrons. The number of carbonyl (C=O) groups excluding carboxylic acids is 1. The summed E-state index contributed by atoms with van der Waals surface area (Å²) in [5.41, 5.74) is 5.10. The molecule has 13 heavy (non-hydrogen) atoms. The number of ether oxygens (including phenoxy) is 1. The predicted molar refractivity (Wildman–Crippen MR) is 49.0 cm³/mol. The number of carbonyl (C=O) groups is 1. The molecule has 0 saturated heterocycles. The fourth-order valence-corrected chi connectivity index (χ4v) is 1.97. The minimum atomic E-state index is -3.07. The third kappa shape index (κ3) is 6.53. The van der Waals surface area contributed by atoms with Gasteiger partial charge in [-0.25, -0.2) is 8.42 Å². The molecule has 0 aromatic heterocycles. The number of nitrogens with two attached hydrogens (primary N) is 1. The molecule has 0 aliphatic carbocycles. The monoisotopic (exact) mass is 209 g/mol. The predicted octanol–water partition coefficient (Wildman–Crippen LogP) is -0.687. The quantitative estimate of drug-likeness (QED) is 0.585. The Morgan fingerprint density at radius 1 is 1.38 bits per heavy atom. The minimum absolute atomic E-state index is 0.000694.